The minimum Gasteiger partial charge on any atom is -0.344 e. The van der Waals surface area contributed by atoms with Gasteiger partial charge in [-0.2, -0.15) is 0 Å². The molecule has 130 valence electrons. The minimum absolute atomic E-state index is 0.305. The van der Waals surface area contributed by atoms with Gasteiger partial charge in [-0.1, -0.05) is 18.2 Å². The summed E-state index contributed by atoms with van der Waals surface area (Å²) in [5.41, 5.74) is 1.37. The smallest absolute Gasteiger partial charge is 0.237 e. The third kappa shape index (κ3) is 3.24. The molecular weight excluding hydrogens is 326 g/mol. The zero-order valence-electron chi connectivity index (χ0n) is 13.9. The molecule has 4 nitrogen and oxygen atoms in total. The molecule has 2 atom stereocenters. The summed E-state index contributed by atoms with van der Waals surface area (Å²) in [6.45, 7) is 1.93. The molecule has 0 aromatic heterocycles. The number of benzene rings is 2. The average molecular weight is 344 g/mol. The van der Waals surface area contributed by atoms with Crippen molar-refractivity contribution in [1.29, 1.82) is 0 Å². The number of likely N-dealkylation sites (N-methyl/N-ethyl adjacent to an activating group) is 1. The Bertz CT molecular complexity index is 821. The molecule has 2 amide bonds. The highest BCUT2D eigenvalue weighted by Crippen LogP contribution is 2.34. The molecule has 0 spiro atoms. The van der Waals surface area contributed by atoms with Crippen LogP contribution in [0.5, 0.6) is 0 Å². The van der Waals surface area contributed by atoms with E-state index < -0.39 is 17.6 Å². The normalized spacial score (nSPS) is 20.0. The summed E-state index contributed by atoms with van der Waals surface area (Å²) in [7, 11) is 1.62. The Labute approximate surface area is 144 Å². The molecule has 0 radical (unpaired) electrons. The molecule has 3 rings (SSSR count). The predicted octanol–water partition coefficient (Wildman–Crippen LogP) is 3.08. The maximum atomic E-state index is 13.7. The van der Waals surface area contributed by atoms with E-state index in [2.05, 4.69) is 5.32 Å². The van der Waals surface area contributed by atoms with Gasteiger partial charge in [0.05, 0.1) is 0 Å². The van der Waals surface area contributed by atoms with Crippen LogP contribution < -0.4 is 5.32 Å². The van der Waals surface area contributed by atoms with Crippen LogP contribution in [0, 0.1) is 24.5 Å². The van der Waals surface area contributed by atoms with Gasteiger partial charge in [-0.25, -0.2) is 8.78 Å². The predicted molar refractivity (Wildman–Crippen MR) is 90.0 cm³/mol. The molecule has 0 bridgehead atoms. The van der Waals surface area contributed by atoms with Crippen molar-refractivity contribution in [3.63, 3.8) is 0 Å². The number of halogens is 2. The van der Waals surface area contributed by atoms with E-state index in [1.165, 1.54) is 29.2 Å². The Morgan fingerprint density at radius 2 is 1.84 bits per heavy atom. The van der Waals surface area contributed by atoms with Gasteiger partial charge in [-0.15, -0.1) is 0 Å². The number of hydrogen-bond donors (Lipinski definition) is 1. The molecule has 25 heavy (non-hydrogen) atoms. The minimum atomic E-state index is -0.932. The average Bonchev–Trinajstić information content (AvgIpc) is 2.88. The summed E-state index contributed by atoms with van der Waals surface area (Å²) >= 11 is 0. The van der Waals surface area contributed by atoms with E-state index in [0.717, 1.165) is 5.56 Å². The van der Waals surface area contributed by atoms with Crippen molar-refractivity contribution in [2.45, 2.75) is 12.8 Å². The highest BCUT2D eigenvalue weighted by Gasteiger charge is 2.44. The largest absolute Gasteiger partial charge is 0.344 e. The molecule has 1 aliphatic heterocycles. The summed E-state index contributed by atoms with van der Waals surface area (Å²) in [4.78, 5) is 26.7. The number of hydrogen-bond acceptors (Lipinski definition) is 2. The van der Waals surface area contributed by atoms with E-state index in [4.69, 9.17) is 0 Å². The van der Waals surface area contributed by atoms with Gasteiger partial charge in [0, 0.05) is 30.8 Å². The molecular formula is C19H18F2N2O2. The van der Waals surface area contributed by atoms with Crippen LogP contribution in [0.4, 0.5) is 14.5 Å². The number of rotatable bonds is 3. The van der Waals surface area contributed by atoms with Gasteiger partial charge in [-0.3, -0.25) is 9.59 Å². The first-order valence-corrected chi connectivity index (χ1v) is 7.95. The fourth-order valence-corrected chi connectivity index (χ4v) is 3.16. The lowest BCUT2D eigenvalue weighted by atomic mass is 9.88. The number of nitrogens with one attached hydrogen (secondary N) is 1. The highest BCUT2D eigenvalue weighted by atomic mass is 19.1. The fourth-order valence-electron chi connectivity index (χ4n) is 3.16. The molecule has 2 aromatic carbocycles. The SMILES string of the molecule is Cc1c(F)cccc1NC(=O)[C@H]1C(=O)N(C)C[C@@H]1c1ccc(F)cc1. The molecule has 6 heteroatoms. The first kappa shape index (κ1) is 17.1. The summed E-state index contributed by atoms with van der Waals surface area (Å²) in [5, 5.41) is 2.65. The van der Waals surface area contributed by atoms with Crippen molar-refractivity contribution in [3.8, 4) is 0 Å². The molecule has 0 aliphatic carbocycles. The van der Waals surface area contributed by atoms with Gasteiger partial charge in [0.1, 0.15) is 17.6 Å². The molecule has 1 saturated heterocycles. The van der Waals surface area contributed by atoms with Gasteiger partial charge in [0.15, 0.2) is 0 Å². The maximum absolute atomic E-state index is 13.7. The Kier molecular flexibility index (Phi) is 4.53. The van der Waals surface area contributed by atoms with Crippen LogP contribution in [0.15, 0.2) is 42.5 Å². The molecule has 1 fully saturated rings. The van der Waals surface area contributed by atoms with Crippen molar-refractivity contribution in [2.75, 3.05) is 18.9 Å². The number of carbonyl (C=O) groups is 2. The summed E-state index contributed by atoms with van der Waals surface area (Å²) < 4.78 is 26.8. The van der Waals surface area contributed by atoms with Gasteiger partial charge >= 0.3 is 0 Å². The molecule has 0 saturated carbocycles. The van der Waals surface area contributed by atoms with E-state index in [0.29, 0.717) is 17.8 Å². The molecule has 0 unspecified atom stereocenters. The number of amides is 2. The van der Waals surface area contributed by atoms with E-state index >= 15 is 0 Å². The van der Waals surface area contributed by atoms with Crippen LogP contribution in [0.2, 0.25) is 0 Å². The lowest BCUT2D eigenvalue weighted by molar-refractivity contribution is -0.135. The van der Waals surface area contributed by atoms with Crippen LogP contribution in [0.25, 0.3) is 0 Å². The Hall–Kier alpha value is -2.76. The number of carbonyl (C=O) groups excluding carboxylic acids is 2. The monoisotopic (exact) mass is 344 g/mol. The fraction of sp³-hybridized carbons (Fsp3) is 0.263. The van der Waals surface area contributed by atoms with E-state index in [9.17, 15) is 18.4 Å². The summed E-state index contributed by atoms with van der Waals surface area (Å²) in [5.74, 6) is -2.91. The van der Waals surface area contributed by atoms with Crippen LogP contribution in [-0.2, 0) is 9.59 Å². The van der Waals surface area contributed by atoms with Crippen molar-refractivity contribution in [2.24, 2.45) is 5.92 Å². The second-order valence-corrected chi connectivity index (χ2v) is 6.26. The number of nitrogens with zero attached hydrogens (tertiary/aromatic N) is 1. The van der Waals surface area contributed by atoms with Gasteiger partial charge in [0.25, 0.3) is 0 Å². The molecule has 1 N–H and O–H groups in total. The van der Waals surface area contributed by atoms with E-state index in [1.807, 2.05) is 0 Å². The van der Waals surface area contributed by atoms with Crippen LogP contribution in [0.3, 0.4) is 0 Å². The van der Waals surface area contributed by atoms with E-state index in [1.54, 1.807) is 32.2 Å². The van der Waals surface area contributed by atoms with Crippen LogP contribution >= 0.6 is 0 Å². The van der Waals surface area contributed by atoms with E-state index in [-0.39, 0.29) is 17.6 Å². The third-order valence-corrected chi connectivity index (χ3v) is 4.62. The second-order valence-electron chi connectivity index (χ2n) is 6.26. The Morgan fingerprint density at radius 3 is 2.52 bits per heavy atom. The standard InChI is InChI=1S/C19H18F2N2O2/c1-11-15(21)4-3-5-16(11)22-18(24)17-14(10-23(2)19(17)25)12-6-8-13(20)9-7-12/h3-9,14,17H,10H2,1-2H3,(H,22,24)/t14-,17+/m1/s1. The molecule has 1 aliphatic rings. The highest BCUT2D eigenvalue weighted by molar-refractivity contribution is 6.08. The summed E-state index contributed by atoms with van der Waals surface area (Å²) in [6.07, 6.45) is 0. The number of likely N-dealkylation sites (tertiary alicyclic amines) is 1. The maximum Gasteiger partial charge on any atom is 0.237 e. The van der Waals surface area contributed by atoms with Gasteiger partial charge in [-0.05, 0) is 36.8 Å². The zero-order chi connectivity index (χ0) is 18.1. The van der Waals surface area contributed by atoms with Crippen LogP contribution in [0.1, 0.15) is 17.0 Å². The van der Waals surface area contributed by atoms with Crippen molar-refractivity contribution < 1.29 is 18.4 Å². The van der Waals surface area contributed by atoms with Crippen molar-refractivity contribution >= 4 is 17.5 Å². The Balaban J connectivity index is 1.89. The van der Waals surface area contributed by atoms with Crippen molar-refractivity contribution in [3.05, 3.63) is 65.2 Å². The van der Waals surface area contributed by atoms with Crippen LogP contribution in [-0.4, -0.2) is 30.3 Å². The lowest BCUT2D eigenvalue weighted by Gasteiger charge is -2.18. The second kappa shape index (κ2) is 6.63. The quantitative estimate of drug-likeness (QED) is 0.870. The lowest BCUT2D eigenvalue weighted by Crippen LogP contribution is -2.33. The van der Waals surface area contributed by atoms with Gasteiger partial charge in [0.2, 0.25) is 11.8 Å². The first-order chi connectivity index (χ1) is 11.9. The zero-order valence-corrected chi connectivity index (χ0v) is 13.9. The summed E-state index contributed by atoms with van der Waals surface area (Å²) in [6, 6.07) is 10.2. The third-order valence-electron chi connectivity index (χ3n) is 4.62. The molecule has 1 heterocycles. The molecule has 2 aromatic rings. The topological polar surface area (TPSA) is 49.4 Å². The van der Waals surface area contributed by atoms with Crippen molar-refractivity contribution in [1.82, 2.24) is 4.90 Å². The van der Waals surface area contributed by atoms with Gasteiger partial charge < -0.3 is 10.2 Å². The Morgan fingerprint density at radius 1 is 1.16 bits per heavy atom. The number of anilines is 1. The first-order valence-electron chi connectivity index (χ1n) is 7.95.